The van der Waals surface area contributed by atoms with Crippen LogP contribution in [0.2, 0.25) is 5.02 Å². The number of sulfonamides is 1. The fraction of sp³-hybridized carbons (Fsp3) is 0.107. The fourth-order valence-corrected chi connectivity index (χ4v) is 5.75. The number of halogens is 1. The number of carboxylic acids is 1. The number of aliphatic carboxylic acids is 1. The minimum absolute atomic E-state index is 0.00176. The molecule has 0 radical (unpaired) electrons. The van der Waals surface area contributed by atoms with Crippen molar-refractivity contribution >= 4 is 27.6 Å². The van der Waals surface area contributed by atoms with E-state index in [1.165, 1.54) is 12.1 Å². The van der Waals surface area contributed by atoms with Gasteiger partial charge in [-0.15, -0.1) is 0 Å². The molecular formula is C28H22ClNO5S. The number of rotatable bonds is 8. The predicted octanol–water partition coefficient (Wildman–Crippen LogP) is 6.09. The van der Waals surface area contributed by atoms with E-state index >= 15 is 0 Å². The second kappa shape index (κ2) is 9.43. The Kier molecular flexibility index (Phi) is 6.30. The van der Waals surface area contributed by atoms with E-state index in [0.717, 1.165) is 16.7 Å². The van der Waals surface area contributed by atoms with Gasteiger partial charge in [-0.1, -0.05) is 66.2 Å². The lowest BCUT2D eigenvalue weighted by atomic mass is 10.1. The van der Waals surface area contributed by atoms with Gasteiger partial charge in [-0.25, -0.2) is 8.42 Å². The molecule has 1 aliphatic carbocycles. The van der Waals surface area contributed by atoms with Gasteiger partial charge in [0, 0.05) is 10.9 Å². The van der Waals surface area contributed by atoms with Gasteiger partial charge < -0.3 is 9.84 Å². The molecule has 0 saturated heterocycles. The Balaban J connectivity index is 1.32. The smallest absolute Gasteiger partial charge is 0.325 e. The van der Waals surface area contributed by atoms with Crippen molar-refractivity contribution in [3.05, 3.63) is 114 Å². The van der Waals surface area contributed by atoms with E-state index in [-0.39, 0.29) is 11.3 Å². The highest BCUT2D eigenvalue weighted by Gasteiger charge is 2.63. The third-order valence-corrected chi connectivity index (χ3v) is 8.04. The molecule has 1 fully saturated rings. The summed E-state index contributed by atoms with van der Waals surface area (Å²) in [7, 11) is -4.07. The van der Waals surface area contributed by atoms with Crippen LogP contribution in [-0.2, 0) is 14.8 Å². The molecule has 2 N–H and O–H groups in total. The Morgan fingerprint density at radius 2 is 1.39 bits per heavy atom. The SMILES string of the molecule is O=C(O)[C@@]1(NS(=O)(=O)c2ccc(-c3ccc(Cl)cc3)cc2)C[C@H]1c1ccc(Oc2ccccc2)cc1. The largest absolute Gasteiger partial charge is 0.480 e. The Labute approximate surface area is 214 Å². The van der Waals surface area contributed by atoms with Crippen molar-refractivity contribution in [2.75, 3.05) is 0 Å². The van der Waals surface area contributed by atoms with Gasteiger partial charge in [-0.05, 0) is 71.6 Å². The van der Waals surface area contributed by atoms with Crippen LogP contribution in [0.3, 0.4) is 0 Å². The van der Waals surface area contributed by atoms with Crippen LogP contribution in [0.4, 0.5) is 0 Å². The van der Waals surface area contributed by atoms with Crippen LogP contribution in [-0.4, -0.2) is 25.0 Å². The highest BCUT2D eigenvalue weighted by atomic mass is 35.5. The van der Waals surface area contributed by atoms with Crippen LogP contribution in [0.1, 0.15) is 17.9 Å². The summed E-state index contributed by atoms with van der Waals surface area (Å²) in [6.45, 7) is 0. The van der Waals surface area contributed by atoms with Crippen molar-refractivity contribution in [2.24, 2.45) is 0 Å². The summed E-state index contributed by atoms with van der Waals surface area (Å²) in [5.74, 6) is -0.415. The molecule has 4 aromatic carbocycles. The molecule has 8 heteroatoms. The Morgan fingerprint density at radius 3 is 1.97 bits per heavy atom. The van der Waals surface area contributed by atoms with Crippen LogP contribution >= 0.6 is 11.6 Å². The van der Waals surface area contributed by atoms with Gasteiger partial charge in [-0.2, -0.15) is 4.72 Å². The van der Waals surface area contributed by atoms with E-state index in [4.69, 9.17) is 16.3 Å². The summed E-state index contributed by atoms with van der Waals surface area (Å²) in [4.78, 5) is 12.2. The van der Waals surface area contributed by atoms with E-state index in [2.05, 4.69) is 4.72 Å². The molecule has 0 unspecified atom stereocenters. The minimum atomic E-state index is -4.07. The van der Waals surface area contributed by atoms with Gasteiger partial charge in [-0.3, -0.25) is 4.79 Å². The zero-order valence-corrected chi connectivity index (χ0v) is 20.5. The fourth-order valence-electron chi connectivity index (χ4n) is 4.22. The molecule has 5 rings (SSSR count). The number of nitrogens with one attached hydrogen (secondary N) is 1. The summed E-state index contributed by atoms with van der Waals surface area (Å²) < 4.78 is 34.5. The number of hydrogen-bond donors (Lipinski definition) is 2. The van der Waals surface area contributed by atoms with Crippen molar-refractivity contribution < 1.29 is 23.1 Å². The maximum Gasteiger partial charge on any atom is 0.325 e. The number of hydrogen-bond acceptors (Lipinski definition) is 4. The molecule has 36 heavy (non-hydrogen) atoms. The summed E-state index contributed by atoms with van der Waals surface area (Å²) >= 11 is 5.93. The maximum atomic E-state index is 13.1. The van der Waals surface area contributed by atoms with Crippen LogP contribution in [0.25, 0.3) is 11.1 Å². The average Bonchev–Trinajstić information content (AvgIpc) is 3.60. The number of benzene rings is 4. The second-order valence-corrected chi connectivity index (χ2v) is 10.8. The Bertz CT molecular complexity index is 1490. The second-order valence-electron chi connectivity index (χ2n) is 8.65. The third kappa shape index (κ3) is 4.86. The lowest BCUT2D eigenvalue weighted by molar-refractivity contribution is -0.140. The molecule has 0 bridgehead atoms. The topological polar surface area (TPSA) is 92.7 Å². The van der Waals surface area contributed by atoms with E-state index < -0.39 is 27.4 Å². The summed E-state index contributed by atoms with van der Waals surface area (Å²) in [6, 6.07) is 29.8. The first-order chi connectivity index (χ1) is 17.3. The zero-order chi connectivity index (χ0) is 25.3. The van der Waals surface area contributed by atoms with E-state index in [1.54, 1.807) is 48.5 Å². The number of ether oxygens (including phenoxy) is 1. The number of para-hydroxylation sites is 1. The van der Waals surface area contributed by atoms with Gasteiger partial charge in [0.2, 0.25) is 10.0 Å². The molecule has 6 nitrogen and oxygen atoms in total. The molecule has 4 aromatic rings. The molecule has 0 aromatic heterocycles. The molecule has 0 amide bonds. The van der Waals surface area contributed by atoms with Gasteiger partial charge in [0.25, 0.3) is 0 Å². The molecular weight excluding hydrogens is 498 g/mol. The predicted molar refractivity (Wildman–Crippen MR) is 138 cm³/mol. The Morgan fingerprint density at radius 1 is 0.833 bits per heavy atom. The highest BCUT2D eigenvalue weighted by Crippen LogP contribution is 2.52. The molecule has 0 spiro atoms. The minimum Gasteiger partial charge on any atom is -0.480 e. The van der Waals surface area contributed by atoms with Gasteiger partial charge in [0.05, 0.1) is 4.90 Å². The van der Waals surface area contributed by atoms with E-state index in [1.807, 2.05) is 42.5 Å². The average molecular weight is 520 g/mol. The van der Waals surface area contributed by atoms with Crippen LogP contribution in [0.15, 0.2) is 108 Å². The lowest BCUT2D eigenvalue weighted by Crippen LogP contribution is -2.44. The molecule has 2 atom stereocenters. The summed E-state index contributed by atoms with van der Waals surface area (Å²) in [6.07, 6.45) is 0.156. The van der Waals surface area contributed by atoms with Gasteiger partial charge in [0.1, 0.15) is 17.0 Å². The van der Waals surface area contributed by atoms with Crippen molar-refractivity contribution in [3.63, 3.8) is 0 Å². The standard InChI is InChI=1S/C28H22ClNO5S/c29-22-12-6-19(7-13-22)20-10-16-25(17-11-20)36(33,34)30-28(27(31)32)18-26(28)21-8-14-24(15-9-21)35-23-4-2-1-3-5-23/h1-17,26,30H,18H2,(H,31,32)/t26-,28+/m0/s1. The van der Waals surface area contributed by atoms with E-state index in [9.17, 15) is 18.3 Å². The van der Waals surface area contributed by atoms with E-state index in [0.29, 0.717) is 16.5 Å². The van der Waals surface area contributed by atoms with Gasteiger partial charge >= 0.3 is 5.97 Å². The van der Waals surface area contributed by atoms with Crippen molar-refractivity contribution in [2.45, 2.75) is 22.8 Å². The lowest BCUT2D eigenvalue weighted by Gasteiger charge is -2.16. The molecule has 0 aliphatic heterocycles. The van der Waals surface area contributed by atoms with Crippen LogP contribution in [0, 0.1) is 0 Å². The normalized spacial score (nSPS) is 19.0. The summed E-state index contributed by atoms with van der Waals surface area (Å²) in [5, 5.41) is 10.6. The maximum absolute atomic E-state index is 13.1. The van der Waals surface area contributed by atoms with Crippen molar-refractivity contribution in [1.82, 2.24) is 4.72 Å². The molecule has 1 aliphatic rings. The first-order valence-electron chi connectivity index (χ1n) is 11.2. The van der Waals surface area contributed by atoms with Crippen molar-refractivity contribution in [1.29, 1.82) is 0 Å². The highest BCUT2D eigenvalue weighted by molar-refractivity contribution is 7.89. The molecule has 182 valence electrons. The Hall–Kier alpha value is -3.65. The number of carboxylic acid groups (broad SMARTS) is 1. The summed E-state index contributed by atoms with van der Waals surface area (Å²) in [5.41, 5.74) is 0.828. The monoisotopic (exact) mass is 519 g/mol. The first kappa shape index (κ1) is 24.1. The van der Waals surface area contributed by atoms with Gasteiger partial charge in [0.15, 0.2) is 0 Å². The first-order valence-corrected chi connectivity index (χ1v) is 13.1. The molecule has 1 saturated carbocycles. The van der Waals surface area contributed by atoms with Crippen molar-refractivity contribution in [3.8, 4) is 22.6 Å². The van der Waals surface area contributed by atoms with Crippen LogP contribution in [0.5, 0.6) is 11.5 Å². The number of carbonyl (C=O) groups is 1. The third-order valence-electron chi connectivity index (χ3n) is 6.26. The molecule has 0 heterocycles. The van der Waals surface area contributed by atoms with Crippen LogP contribution < -0.4 is 9.46 Å². The quantitative estimate of drug-likeness (QED) is 0.294. The zero-order valence-electron chi connectivity index (χ0n) is 19.0.